The molecule has 1 aromatic rings. The lowest BCUT2D eigenvalue weighted by atomic mass is 10.0. The summed E-state index contributed by atoms with van der Waals surface area (Å²) >= 11 is 0. The Labute approximate surface area is 114 Å². The average molecular weight is 260 g/mol. The van der Waals surface area contributed by atoms with E-state index < -0.39 is 0 Å². The molecule has 0 bridgehead atoms. The van der Waals surface area contributed by atoms with Gasteiger partial charge in [0.2, 0.25) is 0 Å². The van der Waals surface area contributed by atoms with E-state index >= 15 is 0 Å². The van der Waals surface area contributed by atoms with E-state index in [0.29, 0.717) is 0 Å². The van der Waals surface area contributed by atoms with Crippen LogP contribution in [-0.4, -0.2) is 24.3 Å². The highest BCUT2D eigenvalue weighted by Crippen LogP contribution is 2.23. The van der Waals surface area contributed by atoms with Gasteiger partial charge in [-0.1, -0.05) is 42.5 Å². The first-order valence-corrected chi connectivity index (χ1v) is 6.69. The van der Waals surface area contributed by atoms with Crippen LogP contribution < -0.4 is 0 Å². The number of hydrogen-bond donors (Lipinski definition) is 0. The molecule has 3 nitrogen and oxygen atoms in total. The highest BCUT2D eigenvalue weighted by Gasteiger charge is 2.27. The first-order valence-electron chi connectivity index (χ1n) is 6.69. The predicted molar refractivity (Wildman–Crippen MR) is 74.6 cm³/mol. The number of carbonyl (C=O) groups is 1. The zero-order valence-electron chi connectivity index (χ0n) is 11.4. The van der Waals surface area contributed by atoms with E-state index in [1.54, 1.807) is 0 Å². The van der Waals surface area contributed by atoms with Crippen LogP contribution in [0.3, 0.4) is 0 Å². The Bertz CT molecular complexity index is 439. The lowest BCUT2D eigenvalue weighted by molar-refractivity contribution is -0.155. The summed E-state index contributed by atoms with van der Waals surface area (Å²) < 4.78 is 11.1. The van der Waals surface area contributed by atoms with E-state index in [2.05, 4.69) is 0 Å². The number of esters is 1. The van der Waals surface area contributed by atoms with Gasteiger partial charge in [0, 0.05) is 19.8 Å². The zero-order chi connectivity index (χ0) is 13.7. The van der Waals surface area contributed by atoms with Crippen molar-refractivity contribution in [2.75, 3.05) is 0 Å². The molecule has 0 unspecified atom stereocenters. The second kappa shape index (κ2) is 6.53. The molecule has 102 valence electrons. The minimum absolute atomic E-state index is 0.00769. The van der Waals surface area contributed by atoms with Crippen molar-refractivity contribution in [1.82, 2.24) is 0 Å². The largest absolute Gasteiger partial charge is 0.462 e. The van der Waals surface area contributed by atoms with E-state index in [9.17, 15) is 4.79 Å². The number of rotatable bonds is 3. The Morgan fingerprint density at radius 3 is 2.74 bits per heavy atom. The SMILES string of the molecule is CC(=O)O[C@H]1C[C@@H](C)O[C@@H](/C=C/c2ccccc2)C1. The van der Waals surface area contributed by atoms with Crippen LogP contribution in [0.2, 0.25) is 0 Å². The fraction of sp³-hybridized carbons (Fsp3) is 0.438. The van der Waals surface area contributed by atoms with Crippen LogP contribution in [0.4, 0.5) is 0 Å². The van der Waals surface area contributed by atoms with Crippen LogP contribution in [-0.2, 0) is 14.3 Å². The van der Waals surface area contributed by atoms with Crippen LogP contribution in [0.25, 0.3) is 6.08 Å². The monoisotopic (exact) mass is 260 g/mol. The number of hydrogen-bond acceptors (Lipinski definition) is 3. The molecule has 1 saturated heterocycles. The summed E-state index contributed by atoms with van der Waals surface area (Å²) in [6, 6.07) is 10.1. The molecule has 0 saturated carbocycles. The summed E-state index contributed by atoms with van der Waals surface area (Å²) in [4.78, 5) is 11.0. The fourth-order valence-electron chi connectivity index (χ4n) is 2.37. The molecule has 1 aliphatic heterocycles. The Balaban J connectivity index is 1.96. The summed E-state index contributed by atoms with van der Waals surface area (Å²) in [6.45, 7) is 3.47. The van der Waals surface area contributed by atoms with E-state index in [1.165, 1.54) is 6.92 Å². The molecule has 3 atom stereocenters. The third-order valence-electron chi connectivity index (χ3n) is 3.13. The summed E-state index contributed by atoms with van der Waals surface area (Å²) in [5.41, 5.74) is 1.15. The summed E-state index contributed by atoms with van der Waals surface area (Å²) in [5.74, 6) is -0.218. The lowest BCUT2D eigenvalue weighted by Gasteiger charge is -2.31. The van der Waals surface area contributed by atoms with Crippen molar-refractivity contribution >= 4 is 12.0 Å². The van der Waals surface area contributed by atoms with Crippen LogP contribution in [0, 0.1) is 0 Å². The molecule has 0 aliphatic carbocycles. The maximum Gasteiger partial charge on any atom is 0.302 e. The molecular weight excluding hydrogens is 240 g/mol. The van der Waals surface area contributed by atoms with Crippen LogP contribution in [0.5, 0.6) is 0 Å². The van der Waals surface area contributed by atoms with Gasteiger partial charge in [-0.05, 0) is 12.5 Å². The van der Waals surface area contributed by atoms with E-state index in [0.717, 1.165) is 18.4 Å². The van der Waals surface area contributed by atoms with Crippen molar-refractivity contribution < 1.29 is 14.3 Å². The molecule has 0 radical (unpaired) electrons. The van der Waals surface area contributed by atoms with E-state index in [-0.39, 0.29) is 24.3 Å². The minimum atomic E-state index is -0.218. The van der Waals surface area contributed by atoms with Crippen LogP contribution in [0.1, 0.15) is 32.3 Å². The molecule has 1 fully saturated rings. The van der Waals surface area contributed by atoms with Gasteiger partial charge in [-0.3, -0.25) is 4.79 Å². The van der Waals surface area contributed by atoms with Crippen LogP contribution >= 0.6 is 0 Å². The highest BCUT2D eigenvalue weighted by atomic mass is 16.6. The van der Waals surface area contributed by atoms with Gasteiger partial charge in [-0.2, -0.15) is 0 Å². The minimum Gasteiger partial charge on any atom is -0.462 e. The maximum absolute atomic E-state index is 11.0. The molecule has 19 heavy (non-hydrogen) atoms. The number of benzene rings is 1. The van der Waals surface area contributed by atoms with Crippen molar-refractivity contribution in [3.05, 3.63) is 42.0 Å². The fourth-order valence-corrected chi connectivity index (χ4v) is 2.37. The summed E-state index contributed by atoms with van der Waals surface area (Å²) in [7, 11) is 0. The Hall–Kier alpha value is -1.61. The molecule has 1 heterocycles. The van der Waals surface area contributed by atoms with Crippen LogP contribution in [0.15, 0.2) is 36.4 Å². The third-order valence-corrected chi connectivity index (χ3v) is 3.13. The van der Waals surface area contributed by atoms with Gasteiger partial charge in [0.25, 0.3) is 0 Å². The second-order valence-electron chi connectivity index (χ2n) is 4.96. The number of ether oxygens (including phenoxy) is 2. The molecule has 1 aromatic carbocycles. The first-order chi connectivity index (χ1) is 9.13. The van der Waals surface area contributed by atoms with Crippen molar-refractivity contribution in [3.63, 3.8) is 0 Å². The number of carbonyl (C=O) groups excluding carboxylic acids is 1. The topological polar surface area (TPSA) is 35.5 Å². The molecule has 1 aliphatic rings. The molecule has 0 aromatic heterocycles. The third kappa shape index (κ3) is 4.52. The normalized spacial score (nSPS) is 27.4. The maximum atomic E-state index is 11.0. The smallest absolute Gasteiger partial charge is 0.302 e. The molecule has 3 heteroatoms. The van der Waals surface area contributed by atoms with Gasteiger partial charge in [-0.25, -0.2) is 0 Å². The van der Waals surface area contributed by atoms with Gasteiger partial charge < -0.3 is 9.47 Å². The molecule has 0 amide bonds. The van der Waals surface area contributed by atoms with Gasteiger partial charge in [0.15, 0.2) is 0 Å². The molecular formula is C16H20O3. The van der Waals surface area contributed by atoms with Crippen molar-refractivity contribution in [1.29, 1.82) is 0 Å². The van der Waals surface area contributed by atoms with Crippen molar-refractivity contribution in [2.24, 2.45) is 0 Å². The van der Waals surface area contributed by atoms with E-state index in [4.69, 9.17) is 9.47 Å². The Morgan fingerprint density at radius 1 is 1.32 bits per heavy atom. The highest BCUT2D eigenvalue weighted by molar-refractivity contribution is 5.66. The summed E-state index contributed by atoms with van der Waals surface area (Å²) in [5, 5.41) is 0. The molecule has 0 spiro atoms. The van der Waals surface area contributed by atoms with E-state index in [1.807, 2.05) is 49.4 Å². The Morgan fingerprint density at radius 2 is 2.05 bits per heavy atom. The quantitative estimate of drug-likeness (QED) is 0.783. The van der Waals surface area contributed by atoms with Gasteiger partial charge in [-0.15, -0.1) is 0 Å². The molecule has 2 rings (SSSR count). The van der Waals surface area contributed by atoms with Crippen molar-refractivity contribution in [2.45, 2.75) is 45.0 Å². The molecule has 0 N–H and O–H groups in total. The van der Waals surface area contributed by atoms with Gasteiger partial charge in [0.1, 0.15) is 6.10 Å². The predicted octanol–water partition coefficient (Wildman–Crippen LogP) is 3.20. The lowest BCUT2D eigenvalue weighted by Crippen LogP contribution is -2.35. The Kier molecular flexibility index (Phi) is 4.74. The zero-order valence-corrected chi connectivity index (χ0v) is 11.4. The average Bonchev–Trinajstić information content (AvgIpc) is 2.36. The second-order valence-corrected chi connectivity index (χ2v) is 4.96. The standard InChI is InChI=1S/C16H20O3/c1-12-10-16(19-13(2)17)11-15(18-12)9-8-14-6-4-3-5-7-14/h3-9,12,15-16H,10-11H2,1-2H3/b9-8+/t12-,15+,16+/m1/s1. The summed E-state index contributed by atoms with van der Waals surface area (Å²) in [6.07, 6.45) is 5.68. The van der Waals surface area contributed by atoms with Gasteiger partial charge in [0.05, 0.1) is 12.2 Å². The first kappa shape index (κ1) is 13.8. The van der Waals surface area contributed by atoms with Crippen molar-refractivity contribution in [3.8, 4) is 0 Å². The van der Waals surface area contributed by atoms with Gasteiger partial charge >= 0.3 is 5.97 Å².